The van der Waals surface area contributed by atoms with Crippen LogP contribution in [0.25, 0.3) is 6.08 Å². The molecule has 0 unspecified atom stereocenters. The molecule has 1 saturated heterocycles. The number of rotatable bonds is 3. The number of carboxylic acid groups (broad SMARTS) is 1. The number of carbonyl (C=O) groups excluding carboxylic acids is 1. The van der Waals surface area contributed by atoms with E-state index in [9.17, 15) is 13.8 Å². The van der Waals surface area contributed by atoms with Gasteiger partial charge in [-0.05, 0) is 12.1 Å². The Morgan fingerprint density at radius 2 is 2.05 bits per heavy atom. The first-order valence-corrected chi connectivity index (χ1v) is 8.07. The fraction of sp³-hybridized carbons (Fsp3) is 0.333. The molecule has 1 aromatic heterocycles. The number of amides is 1. The molecule has 0 saturated carbocycles. The van der Waals surface area contributed by atoms with E-state index in [1.807, 2.05) is 0 Å². The van der Waals surface area contributed by atoms with Crippen LogP contribution in [0.4, 0.5) is 0 Å². The highest BCUT2D eigenvalue weighted by Gasteiger charge is 2.21. The summed E-state index contributed by atoms with van der Waals surface area (Å²) in [5.41, 5.74) is 0.558. The van der Waals surface area contributed by atoms with E-state index in [-0.39, 0.29) is 5.91 Å². The molecule has 5 nitrogen and oxygen atoms in total. The van der Waals surface area contributed by atoms with Gasteiger partial charge in [-0.25, -0.2) is 4.79 Å². The number of hydrogen-bond donors (Lipinski definition) is 1. The molecular formula is C12H13NO4S2. The van der Waals surface area contributed by atoms with Crippen LogP contribution in [0, 0.1) is 0 Å². The smallest absolute Gasteiger partial charge is 0.328 e. The largest absolute Gasteiger partial charge is 0.478 e. The van der Waals surface area contributed by atoms with E-state index in [2.05, 4.69) is 0 Å². The maximum Gasteiger partial charge on any atom is 0.328 e. The van der Waals surface area contributed by atoms with Crippen molar-refractivity contribution in [3.05, 3.63) is 28.0 Å². The summed E-state index contributed by atoms with van der Waals surface area (Å²) in [7, 11) is -0.805. The molecule has 1 aliphatic rings. The van der Waals surface area contributed by atoms with Crippen molar-refractivity contribution >= 4 is 40.1 Å². The molecule has 1 fully saturated rings. The average Bonchev–Trinajstić information content (AvgIpc) is 2.85. The van der Waals surface area contributed by atoms with Gasteiger partial charge in [-0.3, -0.25) is 9.00 Å². The van der Waals surface area contributed by atoms with Crippen molar-refractivity contribution in [2.75, 3.05) is 24.6 Å². The van der Waals surface area contributed by atoms with E-state index in [4.69, 9.17) is 5.11 Å². The normalized spacial score (nSPS) is 16.9. The minimum atomic E-state index is -1.01. The second kappa shape index (κ2) is 6.12. The van der Waals surface area contributed by atoms with Crippen molar-refractivity contribution in [1.82, 2.24) is 4.90 Å². The Hall–Kier alpha value is -1.47. The third-order valence-corrected chi connectivity index (χ3v) is 4.90. The second-order valence-electron chi connectivity index (χ2n) is 4.05. The lowest BCUT2D eigenvalue weighted by molar-refractivity contribution is -0.131. The standard InChI is InChI=1S/C12H13NO4S2/c14-11(15)2-1-10-7-9(8-18-10)12(16)13-3-5-19(17)6-4-13/h1-2,7-8H,3-6H2,(H,14,15). The highest BCUT2D eigenvalue weighted by Crippen LogP contribution is 2.18. The van der Waals surface area contributed by atoms with Gasteiger partial charge < -0.3 is 10.0 Å². The van der Waals surface area contributed by atoms with Gasteiger partial charge in [0.05, 0.1) is 5.56 Å². The molecule has 2 rings (SSSR count). The Kier molecular flexibility index (Phi) is 4.49. The summed E-state index contributed by atoms with van der Waals surface area (Å²) in [4.78, 5) is 25.0. The molecule has 0 aliphatic carbocycles. The number of carboxylic acids is 1. The Morgan fingerprint density at radius 3 is 2.68 bits per heavy atom. The van der Waals surface area contributed by atoms with Crippen LogP contribution in [0.5, 0.6) is 0 Å². The predicted octanol–water partition coefficient (Wildman–Crippen LogP) is 1.05. The van der Waals surface area contributed by atoms with Crippen LogP contribution in [0.15, 0.2) is 17.5 Å². The van der Waals surface area contributed by atoms with Crippen molar-refractivity contribution in [1.29, 1.82) is 0 Å². The summed E-state index contributed by atoms with van der Waals surface area (Å²) in [5, 5.41) is 10.3. The fourth-order valence-corrected chi connectivity index (χ4v) is 3.56. The lowest BCUT2D eigenvalue weighted by Crippen LogP contribution is -2.41. The monoisotopic (exact) mass is 299 g/mol. The van der Waals surface area contributed by atoms with E-state index in [1.54, 1.807) is 16.3 Å². The summed E-state index contributed by atoms with van der Waals surface area (Å²) in [5.74, 6) is -0.0359. The molecule has 0 radical (unpaired) electrons. The maximum atomic E-state index is 12.2. The molecular weight excluding hydrogens is 286 g/mol. The van der Waals surface area contributed by atoms with Gasteiger partial charge in [0.1, 0.15) is 0 Å². The van der Waals surface area contributed by atoms with Crippen molar-refractivity contribution in [2.24, 2.45) is 0 Å². The summed E-state index contributed by atoms with van der Waals surface area (Å²) in [6, 6.07) is 1.68. The Bertz CT molecular complexity index is 540. The minimum Gasteiger partial charge on any atom is -0.478 e. The summed E-state index contributed by atoms with van der Waals surface area (Å²) in [6.45, 7) is 1.03. The highest BCUT2D eigenvalue weighted by atomic mass is 32.2. The van der Waals surface area contributed by atoms with Crippen molar-refractivity contribution in [2.45, 2.75) is 0 Å². The van der Waals surface area contributed by atoms with Gasteiger partial charge in [0.2, 0.25) is 0 Å². The number of aliphatic carboxylic acids is 1. The van der Waals surface area contributed by atoms with E-state index in [1.165, 1.54) is 17.4 Å². The van der Waals surface area contributed by atoms with Crippen LogP contribution >= 0.6 is 11.3 Å². The number of hydrogen-bond acceptors (Lipinski definition) is 4. The first-order valence-electron chi connectivity index (χ1n) is 5.70. The second-order valence-corrected chi connectivity index (χ2v) is 6.69. The van der Waals surface area contributed by atoms with Crippen LogP contribution in [0.1, 0.15) is 15.2 Å². The molecule has 1 N–H and O–H groups in total. The van der Waals surface area contributed by atoms with Crippen molar-refractivity contribution < 1.29 is 18.9 Å². The van der Waals surface area contributed by atoms with Gasteiger partial charge in [-0.2, -0.15) is 0 Å². The first kappa shape index (κ1) is 14.0. The first-order chi connectivity index (χ1) is 9.06. The SMILES string of the molecule is O=C(O)C=Cc1cc(C(=O)N2CCS(=O)CC2)cs1. The van der Waals surface area contributed by atoms with Gasteiger partial charge in [-0.1, -0.05) is 0 Å². The van der Waals surface area contributed by atoms with E-state index < -0.39 is 16.8 Å². The summed E-state index contributed by atoms with van der Waals surface area (Å²) in [6.07, 6.45) is 2.51. The predicted molar refractivity (Wildman–Crippen MR) is 74.8 cm³/mol. The lowest BCUT2D eigenvalue weighted by Gasteiger charge is -2.25. The third kappa shape index (κ3) is 3.74. The topological polar surface area (TPSA) is 74.7 Å². The molecule has 0 spiro atoms. The molecule has 0 atom stereocenters. The van der Waals surface area contributed by atoms with Crippen LogP contribution in [0.2, 0.25) is 0 Å². The molecule has 0 bridgehead atoms. The molecule has 1 aliphatic heterocycles. The zero-order chi connectivity index (χ0) is 13.8. The molecule has 1 aromatic rings. The minimum absolute atomic E-state index is 0.0806. The van der Waals surface area contributed by atoms with Crippen LogP contribution < -0.4 is 0 Å². The number of thiophene rings is 1. The van der Waals surface area contributed by atoms with Crippen molar-refractivity contribution in [3.63, 3.8) is 0 Å². The highest BCUT2D eigenvalue weighted by molar-refractivity contribution is 7.85. The molecule has 0 aromatic carbocycles. The Balaban J connectivity index is 2.03. The average molecular weight is 299 g/mol. The van der Waals surface area contributed by atoms with E-state index in [0.717, 1.165) is 11.0 Å². The summed E-state index contributed by atoms with van der Waals surface area (Å²) >= 11 is 1.33. The van der Waals surface area contributed by atoms with Crippen molar-refractivity contribution in [3.8, 4) is 0 Å². The van der Waals surface area contributed by atoms with Gasteiger partial charge in [0.25, 0.3) is 5.91 Å². The van der Waals surface area contributed by atoms with Crippen LogP contribution in [-0.2, 0) is 15.6 Å². The zero-order valence-electron chi connectivity index (χ0n) is 10.1. The molecule has 7 heteroatoms. The molecule has 2 heterocycles. The van der Waals surface area contributed by atoms with Gasteiger partial charge in [0, 0.05) is 51.7 Å². The molecule has 1 amide bonds. The Labute approximate surface area is 117 Å². The van der Waals surface area contributed by atoms with Gasteiger partial charge in [0.15, 0.2) is 0 Å². The van der Waals surface area contributed by atoms with E-state index in [0.29, 0.717) is 30.2 Å². The van der Waals surface area contributed by atoms with Crippen LogP contribution in [-0.4, -0.2) is 50.7 Å². The zero-order valence-corrected chi connectivity index (χ0v) is 11.7. The van der Waals surface area contributed by atoms with E-state index >= 15 is 0 Å². The third-order valence-electron chi connectivity index (χ3n) is 2.72. The molecule has 19 heavy (non-hydrogen) atoms. The maximum absolute atomic E-state index is 12.2. The van der Waals surface area contributed by atoms with Gasteiger partial charge in [-0.15, -0.1) is 11.3 Å². The van der Waals surface area contributed by atoms with Crippen LogP contribution in [0.3, 0.4) is 0 Å². The quantitative estimate of drug-likeness (QED) is 0.847. The summed E-state index contributed by atoms with van der Waals surface area (Å²) < 4.78 is 11.2. The molecule has 102 valence electrons. The fourth-order valence-electron chi connectivity index (χ4n) is 1.73. The Morgan fingerprint density at radius 1 is 1.37 bits per heavy atom. The number of nitrogens with zero attached hydrogens (tertiary/aromatic N) is 1. The van der Waals surface area contributed by atoms with Gasteiger partial charge >= 0.3 is 5.97 Å². The number of carbonyl (C=O) groups is 2. The lowest BCUT2D eigenvalue weighted by atomic mass is 10.2.